The lowest BCUT2D eigenvalue weighted by Gasteiger charge is -2.36. The zero-order chi connectivity index (χ0) is 21.1. The summed E-state index contributed by atoms with van der Waals surface area (Å²) in [5.41, 5.74) is -1.19. The maximum absolute atomic E-state index is 13.1. The van der Waals surface area contributed by atoms with Gasteiger partial charge in [0, 0.05) is 17.9 Å². The molecule has 3 aliphatic carbocycles. The molecule has 3 saturated carbocycles. The highest BCUT2D eigenvalue weighted by Crippen LogP contribution is 2.59. The van der Waals surface area contributed by atoms with E-state index in [0.717, 1.165) is 25.7 Å². The number of hydrogen-bond acceptors (Lipinski definition) is 7. The van der Waals surface area contributed by atoms with Crippen LogP contribution >= 0.6 is 0 Å². The van der Waals surface area contributed by atoms with Crippen LogP contribution in [0.3, 0.4) is 0 Å². The molecular formula is C22H33NO6. The van der Waals surface area contributed by atoms with Crippen molar-refractivity contribution in [2.75, 3.05) is 7.05 Å². The Balaban J connectivity index is 1.53. The number of nitrogens with one attached hydrogen (secondary N) is 1. The van der Waals surface area contributed by atoms with E-state index in [2.05, 4.69) is 5.32 Å². The van der Waals surface area contributed by atoms with Gasteiger partial charge in [0.25, 0.3) is 0 Å². The van der Waals surface area contributed by atoms with Crippen LogP contribution in [-0.2, 0) is 28.6 Å². The van der Waals surface area contributed by atoms with Crippen molar-refractivity contribution in [2.45, 2.75) is 83.6 Å². The molecule has 0 aromatic carbocycles. The maximum atomic E-state index is 13.1. The largest absolute Gasteiger partial charge is 0.459 e. The predicted molar refractivity (Wildman–Crippen MR) is 104 cm³/mol. The molecule has 1 aliphatic heterocycles. The summed E-state index contributed by atoms with van der Waals surface area (Å²) < 4.78 is 17.4. The Morgan fingerprint density at radius 3 is 2.52 bits per heavy atom. The van der Waals surface area contributed by atoms with Crippen molar-refractivity contribution in [3.8, 4) is 0 Å². The third kappa shape index (κ3) is 3.16. The van der Waals surface area contributed by atoms with Crippen molar-refractivity contribution in [3.63, 3.8) is 0 Å². The minimum absolute atomic E-state index is 0.0657. The summed E-state index contributed by atoms with van der Waals surface area (Å²) in [6, 6.07) is -0.0875. The van der Waals surface area contributed by atoms with Gasteiger partial charge < -0.3 is 19.5 Å². The highest BCUT2D eigenvalue weighted by Gasteiger charge is 2.70. The van der Waals surface area contributed by atoms with Crippen LogP contribution in [0.5, 0.6) is 0 Å². The first-order valence-corrected chi connectivity index (χ1v) is 10.9. The summed E-state index contributed by atoms with van der Waals surface area (Å²) in [4.78, 5) is 38.6. The summed E-state index contributed by atoms with van der Waals surface area (Å²) >= 11 is 0. The normalized spacial score (nSPS) is 38.0. The molecule has 7 atom stereocenters. The molecule has 7 nitrogen and oxygen atoms in total. The molecule has 1 heterocycles. The second kappa shape index (κ2) is 6.96. The van der Waals surface area contributed by atoms with Crippen molar-refractivity contribution < 1.29 is 28.6 Å². The fourth-order valence-electron chi connectivity index (χ4n) is 5.82. The van der Waals surface area contributed by atoms with Gasteiger partial charge in [-0.2, -0.15) is 0 Å². The van der Waals surface area contributed by atoms with Crippen LogP contribution in [0.4, 0.5) is 0 Å². The van der Waals surface area contributed by atoms with Gasteiger partial charge >= 0.3 is 17.9 Å². The van der Waals surface area contributed by atoms with E-state index >= 15 is 0 Å². The van der Waals surface area contributed by atoms with Gasteiger partial charge in [-0.15, -0.1) is 0 Å². The number of carbonyl (C=O) groups is 3. The highest BCUT2D eigenvalue weighted by molar-refractivity contribution is 5.86. The third-order valence-electron chi connectivity index (χ3n) is 8.11. The lowest BCUT2D eigenvalue weighted by molar-refractivity contribution is -0.178. The molecule has 0 amide bonds. The zero-order valence-corrected chi connectivity index (χ0v) is 18.0. The molecule has 7 heteroatoms. The molecule has 0 spiro atoms. The summed E-state index contributed by atoms with van der Waals surface area (Å²) in [5, 5.41) is 3.10. The van der Waals surface area contributed by atoms with Gasteiger partial charge in [0.2, 0.25) is 0 Å². The van der Waals surface area contributed by atoms with Gasteiger partial charge in [-0.1, -0.05) is 0 Å². The second-order valence-corrected chi connectivity index (χ2v) is 10.2. The van der Waals surface area contributed by atoms with Crippen molar-refractivity contribution in [1.29, 1.82) is 0 Å². The van der Waals surface area contributed by atoms with Gasteiger partial charge in [-0.05, 0) is 66.8 Å². The van der Waals surface area contributed by atoms with Crippen molar-refractivity contribution in [1.82, 2.24) is 5.32 Å². The fraction of sp³-hybridized carbons (Fsp3) is 0.864. The zero-order valence-electron chi connectivity index (χ0n) is 18.0. The summed E-state index contributed by atoms with van der Waals surface area (Å²) in [6.07, 6.45) is 3.45. The molecule has 2 bridgehead atoms. The summed E-state index contributed by atoms with van der Waals surface area (Å²) in [5.74, 6) is -2.33. The van der Waals surface area contributed by atoms with Crippen LogP contribution in [0.15, 0.2) is 0 Å². The van der Waals surface area contributed by atoms with E-state index in [-0.39, 0.29) is 35.8 Å². The molecule has 4 aliphatic rings. The quantitative estimate of drug-likeness (QED) is 0.533. The van der Waals surface area contributed by atoms with Gasteiger partial charge in [-0.25, -0.2) is 0 Å². The molecule has 0 aromatic rings. The molecule has 4 rings (SSSR count). The van der Waals surface area contributed by atoms with E-state index in [0.29, 0.717) is 6.42 Å². The first-order valence-electron chi connectivity index (χ1n) is 10.9. The number of esters is 3. The standard InChI is InChI=1S/C22H33NO6/c1-11(23-5)21(2,3)20(26)28-17-13-10-12-14(18(24)27-16(12)17)15(13)19(25)29-22(4)8-6-7-9-22/h11-17,23H,6-10H2,1-5H3. The fourth-order valence-corrected chi connectivity index (χ4v) is 5.82. The average molecular weight is 408 g/mol. The van der Waals surface area contributed by atoms with Gasteiger partial charge in [-0.3, -0.25) is 14.4 Å². The van der Waals surface area contributed by atoms with Crippen LogP contribution in [0, 0.1) is 29.1 Å². The van der Waals surface area contributed by atoms with E-state index in [1.807, 2.05) is 27.7 Å². The highest BCUT2D eigenvalue weighted by atomic mass is 16.6. The monoisotopic (exact) mass is 407 g/mol. The Kier molecular flexibility index (Phi) is 4.95. The van der Waals surface area contributed by atoms with E-state index in [9.17, 15) is 14.4 Å². The minimum Gasteiger partial charge on any atom is -0.459 e. The summed E-state index contributed by atoms with van der Waals surface area (Å²) in [6.45, 7) is 7.57. The Morgan fingerprint density at radius 1 is 1.24 bits per heavy atom. The number of ether oxygens (including phenoxy) is 3. The second-order valence-electron chi connectivity index (χ2n) is 10.2. The molecule has 4 fully saturated rings. The lowest BCUT2D eigenvalue weighted by Crippen LogP contribution is -2.49. The van der Waals surface area contributed by atoms with E-state index in [4.69, 9.17) is 14.2 Å². The number of carbonyl (C=O) groups excluding carboxylic acids is 3. The molecule has 29 heavy (non-hydrogen) atoms. The molecule has 0 radical (unpaired) electrons. The van der Waals surface area contributed by atoms with E-state index < -0.39 is 35.1 Å². The molecule has 162 valence electrons. The van der Waals surface area contributed by atoms with Gasteiger partial charge in [0.1, 0.15) is 17.8 Å². The Hall–Kier alpha value is -1.63. The van der Waals surface area contributed by atoms with Crippen molar-refractivity contribution in [3.05, 3.63) is 0 Å². The van der Waals surface area contributed by atoms with Crippen LogP contribution in [0.25, 0.3) is 0 Å². The first kappa shape index (κ1) is 20.6. The maximum Gasteiger partial charge on any atom is 0.313 e. The van der Waals surface area contributed by atoms with Gasteiger partial charge in [0.15, 0.2) is 0 Å². The molecule has 1 saturated heterocycles. The van der Waals surface area contributed by atoms with Crippen molar-refractivity contribution in [2.24, 2.45) is 29.1 Å². The van der Waals surface area contributed by atoms with Gasteiger partial charge in [0.05, 0.1) is 17.3 Å². The third-order valence-corrected chi connectivity index (χ3v) is 8.11. The molecule has 0 aromatic heterocycles. The Labute approximate surface area is 172 Å². The Morgan fingerprint density at radius 2 is 1.90 bits per heavy atom. The smallest absolute Gasteiger partial charge is 0.313 e. The first-order chi connectivity index (χ1) is 13.6. The predicted octanol–water partition coefficient (Wildman–Crippen LogP) is 2.22. The van der Waals surface area contributed by atoms with Crippen LogP contribution in [-0.4, -0.2) is 48.8 Å². The minimum atomic E-state index is -0.744. The number of fused-ring (bicyclic) bond motifs is 1. The molecule has 7 unspecified atom stereocenters. The average Bonchev–Trinajstić information content (AvgIpc) is 3.38. The summed E-state index contributed by atoms with van der Waals surface area (Å²) in [7, 11) is 1.80. The SMILES string of the molecule is CNC(C)C(C)(C)C(=O)OC1C2CC3C1OC(=O)C3C2C(=O)OC1(C)CCCC1. The topological polar surface area (TPSA) is 90.9 Å². The molecular weight excluding hydrogens is 374 g/mol. The van der Waals surface area contributed by atoms with Crippen LogP contribution < -0.4 is 5.32 Å². The van der Waals surface area contributed by atoms with Crippen molar-refractivity contribution >= 4 is 17.9 Å². The van der Waals surface area contributed by atoms with E-state index in [1.165, 1.54) is 0 Å². The lowest BCUT2D eigenvalue weighted by atomic mass is 9.78. The number of hydrogen-bond donors (Lipinski definition) is 1. The van der Waals surface area contributed by atoms with E-state index in [1.54, 1.807) is 7.05 Å². The Bertz CT molecular complexity index is 712. The van der Waals surface area contributed by atoms with Crippen LogP contribution in [0.2, 0.25) is 0 Å². The molecule has 1 N–H and O–H groups in total. The number of rotatable bonds is 6. The van der Waals surface area contributed by atoms with Crippen LogP contribution in [0.1, 0.15) is 59.8 Å².